The third-order valence-corrected chi connectivity index (χ3v) is 4.84. The minimum absolute atomic E-state index is 0.478. The van der Waals surface area contributed by atoms with Crippen molar-refractivity contribution in [3.05, 3.63) is 24.3 Å². The number of nitrogens with zero attached hydrogens (tertiary/aromatic N) is 3. The lowest BCUT2D eigenvalue weighted by molar-refractivity contribution is -0.128. The highest BCUT2D eigenvalue weighted by molar-refractivity contribution is 7.71. The molecule has 1 fully saturated rings. The normalized spacial score (nSPS) is 16.5. The number of anilines is 1. The summed E-state index contributed by atoms with van der Waals surface area (Å²) in [6.07, 6.45) is 0. The molecule has 1 saturated heterocycles. The summed E-state index contributed by atoms with van der Waals surface area (Å²) in [4.78, 5) is 16.3. The number of thiol groups is 1. The number of carbonyl (C=O) groups excluding carboxylic acids is 1. The fourth-order valence-corrected chi connectivity index (χ4v) is 3.55. The molecule has 0 atom stereocenters. The highest BCUT2D eigenvalue weighted by Gasteiger charge is 2.32. The highest BCUT2D eigenvalue weighted by atomic mass is 32.2. The highest BCUT2D eigenvalue weighted by Crippen LogP contribution is 2.27. The first-order valence-electron chi connectivity index (χ1n) is 8.14. The number of carbonyl (C=O) groups is 1. The Morgan fingerprint density at radius 3 is 2.60 bits per heavy atom. The van der Waals surface area contributed by atoms with Crippen LogP contribution in [0.25, 0.3) is 11.0 Å². The number of amides is 1. The number of benzene rings is 1. The third kappa shape index (κ3) is 3.93. The van der Waals surface area contributed by atoms with Gasteiger partial charge in [0.2, 0.25) is 16.8 Å². The number of rotatable bonds is 5. The molecule has 9 heteroatoms. The molecule has 25 heavy (non-hydrogen) atoms. The summed E-state index contributed by atoms with van der Waals surface area (Å²) >= 11 is 0. The minimum atomic E-state index is -2.92. The molecule has 1 amide bonds. The fraction of sp³-hybridized carbons (Fsp3) is 0.500. The number of hydrogen-bond donors (Lipinski definition) is 2. The average molecular weight is 366 g/mol. The Hall–Kier alpha value is -2.13. The van der Waals surface area contributed by atoms with Gasteiger partial charge in [0, 0.05) is 32.7 Å². The van der Waals surface area contributed by atoms with E-state index in [1.54, 1.807) is 13.8 Å². The van der Waals surface area contributed by atoms with Crippen LogP contribution in [0, 0.1) is 5.41 Å². The molecule has 1 aliphatic rings. The Bertz CT molecular complexity index is 830. The maximum Gasteiger partial charge on any atom is 0.240 e. The van der Waals surface area contributed by atoms with Crippen LogP contribution in [0.4, 0.5) is 5.82 Å². The van der Waals surface area contributed by atoms with Crippen LogP contribution < -0.4 is 9.62 Å². The lowest BCUT2D eigenvalue weighted by Crippen LogP contribution is -2.52. The van der Waals surface area contributed by atoms with Crippen molar-refractivity contribution in [2.24, 2.45) is 5.41 Å². The van der Waals surface area contributed by atoms with Gasteiger partial charge in [-0.05, 0) is 26.0 Å². The second-order valence-corrected chi connectivity index (χ2v) is 7.59. The molecule has 1 aromatic carbocycles. The van der Waals surface area contributed by atoms with Crippen LogP contribution in [0.2, 0.25) is 0 Å². The Morgan fingerprint density at radius 1 is 1.24 bits per heavy atom. The largest absolute Gasteiger partial charge is 0.354 e. The molecule has 2 heterocycles. The van der Waals surface area contributed by atoms with Crippen LogP contribution in [0.15, 0.2) is 28.8 Å². The zero-order valence-corrected chi connectivity index (χ0v) is 15.2. The number of piperazine rings is 1. The number of hydrogen-bond acceptors (Lipinski definition) is 7. The van der Waals surface area contributed by atoms with Crippen molar-refractivity contribution in [2.45, 2.75) is 13.8 Å². The van der Waals surface area contributed by atoms with Gasteiger partial charge in [0.15, 0.2) is 11.4 Å². The van der Waals surface area contributed by atoms with Crippen molar-refractivity contribution in [2.75, 3.05) is 37.6 Å². The van der Waals surface area contributed by atoms with Crippen LogP contribution >= 0.6 is 0 Å². The summed E-state index contributed by atoms with van der Waals surface area (Å²) in [5.74, 6) is 0.365. The summed E-state index contributed by atoms with van der Waals surface area (Å²) in [6.45, 7) is 7.06. The van der Waals surface area contributed by atoms with E-state index in [9.17, 15) is 13.2 Å². The minimum Gasteiger partial charge on any atom is -0.354 e. The number of para-hydroxylation sites is 1. The molecule has 136 valence electrons. The third-order valence-electron chi connectivity index (χ3n) is 4.46. The van der Waals surface area contributed by atoms with Crippen LogP contribution in [-0.2, 0) is 15.7 Å². The van der Waals surface area contributed by atoms with Gasteiger partial charge in [0.05, 0.1) is 10.8 Å². The number of fused-ring (bicyclic) bond motifs is 1. The van der Waals surface area contributed by atoms with E-state index in [0.29, 0.717) is 6.54 Å². The molecule has 0 saturated carbocycles. The number of aromatic nitrogens is 1. The smallest absolute Gasteiger partial charge is 0.240 e. The van der Waals surface area contributed by atoms with Gasteiger partial charge in [0.25, 0.3) is 0 Å². The van der Waals surface area contributed by atoms with Crippen LogP contribution in [-0.4, -0.2) is 57.1 Å². The van der Waals surface area contributed by atoms with Gasteiger partial charge in [-0.1, -0.05) is 17.3 Å². The van der Waals surface area contributed by atoms with Gasteiger partial charge in [0.1, 0.15) is 0 Å². The van der Waals surface area contributed by atoms with Crippen molar-refractivity contribution in [3.63, 3.8) is 0 Å². The van der Waals surface area contributed by atoms with Gasteiger partial charge in [-0.2, -0.15) is 0 Å². The monoisotopic (exact) mass is 366 g/mol. The maximum atomic E-state index is 12.0. The van der Waals surface area contributed by atoms with E-state index < -0.39 is 22.2 Å². The summed E-state index contributed by atoms with van der Waals surface area (Å²) in [7, 11) is -2.92. The Balaban J connectivity index is 1.61. The topological polar surface area (TPSA) is 95.8 Å². The predicted octanol–water partition coefficient (Wildman–Crippen LogP) is 0.619. The second-order valence-electron chi connectivity index (χ2n) is 6.85. The van der Waals surface area contributed by atoms with E-state index in [1.807, 2.05) is 29.0 Å². The lowest BCUT2D eigenvalue weighted by atomic mass is 9.91. The molecule has 1 aromatic heterocycles. The Morgan fingerprint density at radius 2 is 1.92 bits per heavy atom. The quantitative estimate of drug-likeness (QED) is 0.749. The van der Waals surface area contributed by atoms with Crippen molar-refractivity contribution in [1.82, 2.24) is 14.8 Å². The van der Waals surface area contributed by atoms with E-state index in [2.05, 4.69) is 15.0 Å². The Labute approximate surface area is 147 Å². The van der Waals surface area contributed by atoms with Crippen LogP contribution in [0.5, 0.6) is 0 Å². The molecule has 1 N–H and O–H groups in total. The van der Waals surface area contributed by atoms with Gasteiger partial charge >= 0.3 is 0 Å². The second kappa shape index (κ2) is 7.01. The standard InChI is InChI=1S/C16H22N4O4S/c1-16(2,15(21)18-25(22)23)11-19-7-9-20(10-8-19)14-12-5-3-4-6-13(12)24-17-14/h3-6,25H,7-11H2,1-2H3,(H,18,21,22,23). The van der Waals surface area contributed by atoms with Crippen molar-refractivity contribution in [1.29, 1.82) is 0 Å². The summed E-state index contributed by atoms with van der Waals surface area (Å²) < 4.78 is 28.7. The van der Waals surface area contributed by atoms with Gasteiger partial charge in [-0.3, -0.25) is 14.4 Å². The Kier molecular flexibility index (Phi) is 4.96. The molecule has 3 rings (SSSR count). The first-order valence-corrected chi connectivity index (χ1v) is 9.32. The molecular formula is C16H22N4O4S. The maximum absolute atomic E-state index is 12.0. The summed E-state index contributed by atoms with van der Waals surface area (Å²) in [5, 5.41) is 5.18. The van der Waals surface area contributed by atoms with Crippen LogP contribution in [0.1, 0.15) is 13.8 Å². The summed E-state index contributed by atoms with van der Waals surface area (Å²) in [5.41, 5.74) is -0.0116. The summed E-state index contributed by atoms with van der Waals surface area (Å²) in [6, 6.07) is 7.76. The van der Waals surface area contributed by atoms with Gasteiger partial charge in [-0.15, -0.1) is 0 Å². The molecule has 0 aliphatic carbocycles. The SMILES string of the molecule is CC(C)(CN1CCN(c2noc3ccccc23)CC1)C(=O)N[SH](=O)=O. The molecule has 0 bridgehead atoms. The fourth-order valence-electron chi connectivity index (χ4n) is 3.08. The average Bonchev–Trinajstić information content (AvgIpc) is 2.99. The van der Waals surface area contributed by atoms with Gasteiger partial charge < -0.3 is 9.42 Å². The molecular weight excluding hydrogens is 344 g/mol. The molecule has 0 radical (unpaired) electrons. The zero-order chi connectivity index (χ0) is 18.0. The zero-order valence-electron chi connectivity index (χ0n) is 14.3. The molecule has 8 nitrogen and oxygen atoms in total. The molecule has 0 spiro atoms. The van der Waals surface area contributed by atoms with Crippen molar-refractivity contribution in [3.8, 4) is 0 Å². The van der Waals surface area contributed by atoms with E-state index in [0.717, 1.165) is 43.0 Å². The molecule has 1 aliphatic heterocycles. The van der Waals surface area contributed by atoms with E-state index in [1.165, 1.54) is 0 Å². The van der Waals surface area contributed by atoms with Crippen LogP contribution in [0.3, 0.4) is 0 Å². The van der Waals surface area contributed by atoms with Crippen molar-refractivity contribution >= 4 is 33.6 Å². The van der Waals surface area contributed by atoms with E-state index >= 15 is 0 Å². The first-order chi connectivity index (χ1) is 11.9. The lowest BCUT2D eigenvalue weighted by Gasteiger charge is -2.38. The van der Waals surface area contributed by atoms with E-state index in [-0.39, 0.29) is 0 Å². The van der Waals surface area contributed by atoms with E-state index in [4.69, 9.17) is 4.52 Å². The molecule has 2 aromatic rings. The van der Waals surface area contributed by atoms with Crippen molar-refractivity contribution < 1.29 is 17.7 Å². The van der Waals surface area contributed by atoms with Gasteiger partial charge in [-0.25, -0.2) is 8.42 Å². The molecule has 0 unspecified atom stereocenters. The first kappa shape index (κ1) is 17.7. The predicted molar refractivity (Wildman–Crippen MR) is 94.9 cm³/mol. The number of nitrogens with one attached hydrogen (secondary N) is 1.